The summed E-state index contributed by atoms with van der Waals surface area (Å²) in [5, 5.41) is 0. The number of imide groups is 1. The molecular formula is C10H17NO3S. The van der Waals surface area contributed by atoms with Crippen molar-refractivity contribution in [1.29, 1.82) is 0 Å². The highest BCUT2D eigenvalue weighted by atomic mass is 32.1. The van der Waals surface area contributed by atoms with Gasteiger partial charge in [-0.25, -0.2) is 0 Å². The maximum absolute atomic E-state index is 11.5. The minimum Gasteiger partial charge on any atom is -0.379 e. The lowest BCUT2D eigenvalue weighted by Crippen LogP contribution is -2.37. The van der Waals surface area contributed by atoms with E-state index in [4.69, 9.17) is 4.74 Å². The van der Waals surface area contributed by atoms with E-state index in [1.165, 1.54) is 4.90 Å². The van der Waals surface area contributed by atoms with Crippen molar-refractivity contribution in [2.24, 2.45) is 0 Å². The topological polar surface area (TPSA) is 46.6 Å². The van der Waals surface area contributed by atoms with E-state index >= 15 is 0 Å². The maximum Gasteiger partial charge on any atom is 0.229 e. The summed E-state index contributed by atoms with van der Waals surface area (Å²) in [6, 6.07) is 0. The van der Waals surface area contributed by atoms with Crippen LogP contribution < -0.4 is 0 Å². The molecule has 86 valence electrons. The molecule has 0 aromatic carbocycles. The summed E-state index contributed by atoms with van der Waals surface area (Å²) in [5.74, 6) is 0.529. The second-order valence-corrected chi connectivity index (χ2v) is 3.93. The van der Waals surface area contributed by atoms with Crippen LogP contribution in [-0.4, -0.2) is 42.2 Å². The molecule has 1 heterocycles. The fourth-order valence-electron chi connectivity index (χ4n) is 1.53. The predicted octanol–water partition coefficient (Wildman–Crippen LogP) is 0.862. The number of rotatable bonds is 5. The lowest BCUT2D eigenvalue weighted by Gasteiger charge is -2.18. The molecule has 0 bridgehead atoms. The van der Waals surface area contributed by atoms with Gasteiger partial charge in [0, 0.05) is 18.6 Å². The first-order valence-corrected chi connectivity index (χ1v) is 5.90. The molecule has 0 atom stereocenters. The van der Waals surface area contributed by atoms with Gasteiger partial charge in [-0.3, -0.25) is 14.5 Å². The first-order chi connectivity index (χ1) is 7.25. The monoisotopic (exact) mass is 231 g/mol. The smallest absolute Gasteiger partial charge is 0.229 e. The largest absolute Gasteiger partial charge is 0.379 e. The fraction of sp³-hybridized carbons (Fsp3) is 0.800. The molecule has 0 aliphatic carbocycles. The lowest BCUT2D eigenvalue weighted by atomic mass is 10.2. The number of nitrogens with zero attached hydrogens (tertiary/aromatic N) is 1. The summed E-state index contributed by atoms with van der Waals surface area (Å²) in [7, 11) is 0. The van der Waals surface area contributed by atoms with Crippen molar-refractivity contribution >= 4 is 24.4 Å². The van der Waals surface area contributed by atoms with Crippen molar-refractivity contribution in [3.05, 3.63) is 0 Å². The molecule has 0 spiro atoms. The molecular weight excluding hydrogens is 214 g/mol. The van der Waals surface area contributed by atoms with Gasteiger partial charge in [0.25, 0.3) is 0 Å². The first-order valence-electron chi connectivity index (χ1n) is 5.27. The zero-order chi connectivity index (χ0) is 11.1. The van der Waals surface area contributed by atoms with Crippen LogP contribution in [0.4, 0.5) is 0 Å². The van der Waals surface area contributed by atoms with Gasteiger partial charge in [0.15, 0.2) is 0 Å². The molecule has 0 aromatic heterocycles. The third-order valence-corrected chi connectivity index (χ3v) is 2.51. The Morgan fingerprint density at radius 1 is 1.13 bits per heavy atom. The van der Waals surface area contributed by atoms with Crippen molar-refractivity contribution in [3.8, 4) is 0 Å². The highest BCUT2D eigenvalue weighted by Gasteiger charge is 2.23. The van der Waals surface area contributed by atoms with E-state index < -0.39 is 0 Å². The van der Waals surface area contributed by atoms with Gasteiger partial charge in [0.05, 0.1) is 19.8 Å². The van der Waals surface area contributed by atoms with Gasteiger partial charge in [-0.1, -0.05) is 0 Å². The number of hydrogen-bond donors (Lipinski definition) is 1. The van der Waals surface area contributed by atoms with E-state index in [1.54, 1.807) is 0 Å². The Hall–Kier alpha value is -0.550. The first kappa shape index (κ1) is 12.5. The Labute approximate surface area is 95.4 Å². The van der Waals surface area contributed by atoms with Gasteiger partial charge < -0.3 is 4.74 Å². The zero-order valence-electron chi connectivity index (χ0n) is 8.78. The van der Waals surface area contributed by atoms with E-state index in [0.717, 1.165) is 12.8 Å². The molecule has 1 aliphatic rings. The lowest BCUT2D eigenvalue weighted by molar-refractivity contribution is -0.144. The van der Waals surface area contributed by atoms with Crippen LogP contribution in [0.1, 0.15) is 25.7 Å². The van der Waals surface area contributed by atoms with Crippen molar-refractivity contribution in [1.82, 2.24) is 4.90 Å². The van der Waals surface area contributed by atoms with Crippen LogP contribution in [0.5, 0.6) is 0 Å². The van der Waals surface area contributed by atoms with Crippen LogP contribution in [0, 0.1) is 0 Å². The van der Waals surface area contributed by atoms with E-state index in [9.17, 15) is 9.59 Å². The average molecular weight is 231 g/mol. The zero-order valence-corrected chi connectivity index (χ0v) is 9.67. The molecule has 1 saturated heterocycles. The van der Waals surface area contributed by atoms with E-state index in [0.29, 0.717) is 38.4 Å². The highest BCUT2D eigenvalue weighted by Crippen LogP contribution is 2.12. The standard InChI is InChI=1S/C10H17NO3S/c12-9-3-1-2-4-10(13)11(9)5-6-14-7-8-15/h15H,1-8H2. The van der Waals surface area contributed by atoms with Crippen molar-refractivity contribution in [3.63, 3.8) is 0 Å². The molecule has 0 saturated carbocycles. The van der Waals surface area contributed by atoms with Gasteiger partial charge in [0.1, 0.15) is 0 Å². The Morgan fingerprint density at radius 2 is 1.73 bits per heavy atom. The van der Waals surface area contributed by atoms with Gasteiger partial charge in [-0.05, 0) is 12.8 Å². The predicted molar refractivity (Wildman–Crippen MR) is 59.9 cm³/mol. The summed E-state index contributed by atoms with van der Waals surface area (Å²) >= 11 is 4.00. The van der Waals surface area contributed by atoms with Crippen LogP contribution in [0.15, 0.2) is 0 Å². The third-order valence-electron chi connectivity index (χ3n) is 2.33. The summed E-state index contributed by atoms with van der Waals surface area (Å²) in [4.78, 5) is 24.4. The van der Waals surface area contributed by atoms with Crippen molar-refractivity contribution in [2.45, 2.75) is 25.7 Å². The van der Waals surface area contributed by atoms with Gasteiger partial charge >= 0.3 is 0 Å². The Balaban J connectivity index is 2.35. The molecule has 1 aliphatic heterocycles. The molecule has 4 nitrogen and oxygen atoms in total. The minimum absolute atomic E-state index is 0.0630. The number of hydrogen-bond acceptors (Lipinski definition) is 4. The highest BCUT2D eigenvalue weighted by molar-refractivity contribution is 7.80. The number of carbonyl (C=O) groups is 2. The Kier molecular flexibility index (Phi) is 5.71. The molecule has 0 unspecified atom stereocenters. The number of carbonyl (C=O) groups excluding carboxylic acids is 2. The van der Waals surface area contributed by atoms with Gasteiger partial charge in [-0.15, -0.1) is 0 Å². The molecule has 15 heavy (non-hydrogen) atoms. The van der Waals surface area contributed by atoms with Gasteiger partial charge in [0.2, 0.25) is 11.8 Å². The SMILES string of the molecule is O=C1CCCCC(=O)N1CCOCCS. The average Bonchev–Trinajstić information content (AvgIpc) is 2.37. The van der Waals surface area contributed by atoms with Crippen LogP contribution in [0.2, 0.25) is 0 Å². The number of likely N-dealkylation sites (tertiary alicyclic amines) is 1. The van der Waals surface area contributed by atoms with E-state index in [1.807, 2.05) is 0 Å². The van der Waals surface area contributed by atoms with Crippen LogP contribution >= 0.6 is 12.6 Å². The van der Waals surface area contributed by atoms with Gasteiger partial charge in [-0.2, -0.15) is 12.6 Å². The van der Waals surface area contributed by atoms with Crippen molar-refractivity contribution < 1.29 is 14.3 Å². The second kappa shape index (κ2) is 6.85. The second-order valence-electron chi connectivity index (χ2n) is 3.48. The van der Waals surface area contributed by atoms with Crippen LogP contribution in [0.25, 0.3) is 0 Å². The summed E-state index contributed by atoms with van der Waals surface area (Å²) in [5.41, 5.74) is 0. The number of ether oxygens (including phenoxy) is 1. The van der Waals surface area contributed by atoms with Crippen LogP contribution in [0.3, 0.4) is 0 Å². The number of amides is 2. The molecule has 0 N–H and O–H groups in total. The molecule has 0 radical (unpaired) electrons. The number of thiol groups is 1. The van der Waals surface area contributed by atoms with Crippen molar-refractivity contribution in [2.75, 3.05) is 25.5 Å². The molecule has 2 amide bonds. The summed E-state index contributed by atoms with van der Waals surface area (Å²) in [6.45, 7) is 1.35. The van der Waals surface area contributed by atoms with E-state index in [-0.39, 0.29) is 11.8 Å². The Morgan fingerprint density at radius 3 is 2.27 bits per heavy atom. The molecule has 5 heteroatoms. The normalized spacial score (nSPS) is 18.1. The fourth-order valence-corrected chi connectivity index (χ4v) is 1.66. The summed E-state index contributed by atoms with van der Waals surface area (Å²) in [6.07, 6.45) is 2.60. The minimum atomic E-state index is -0.0630. The molecule has 0 aromatic rings. The molecule has 1 fully saturated rings. The summed E-state index contributed by atoms with van der Waals surface area (Å²) < 4.78 is 5.20. The quantitative estimate of drug-likeness (QED) is 0.434. The molecule has 1 rings (SSSR count). The maximum atomic E-state index is 11.5. The Bertz CT molecular complexity index is 215. The van der Waals surface area contributed by atoms with Crippen LogP contribution in [-0.2, 0) is 14.3 Å². The van der Waals surface area contributed by atoms with E-state index in [2.05, 4.69) is 12.6 Å². The third kappa shape index (κ3) is 4.22.